The Bertz CT molecular complexity index is 1360. The van der Waals surface area contributed by atoms with Crippen LogP contribution in [0, 0.1) is 0 Å². The molecule has 0 aromatic heterocycles. The molecule has 0 aromatic rings. The molecule has 0 heterocycles. The van der Waals surface area contributed by atoms with Gasteiger partial charge in [0.2, 0.25) is 0 Å². The molecule has 0 aromatic carbocycles. The molecule has 306 valence electrons. The number of rotatable bonds is 34. The van der Waals surface area contributed by atoms with E-state index in [9.17, 15) is 18.9 Å². The van der Waals surface area contributed by atoms with E-state index in [1.165, 1.54) is 0 Å². The first kappa shape index (κ1) is 51.1. The van der Waals surface area contributed by atoms with Crippen molar-refractivity contribution < 1.29 is 42.7 Å². The van der Waals surface area contributed by atoms with Gasteiger partial charge in [0.15, 0.2) is 11.9 Å². The van der Waals surface area contributed by atoms with E-state index < -0.39 is 32.5 Å². The summed E-state index contributed by atoms with van der Waals surface area (Å²) in [5.41, 5.74) is 0. The number of phosphoric ester groups is 1. The molecular formula is C45H67O9P. The third-order valence-electron chi connectivity index (χ3n) is 7.45. The molecule has 10 heteroatoms. The van der Waals surface area contributed by atoms with Gasteiger partial charge in [0, 0.05) is 19.3 Å². The smallest absolute Gasteiger partial charge is 0.462 e. The van der Waals surface area contributed by atoms with Crippen LogP contribution in [0.15, 0.2) is 122 Å². The van der Waals surface area contributed by atoms with Gasteiger partial charge in [0.25, 0.3) is 0 Å². The molecule has 0 aliphatic carbocycles. The topological polar surface area (TPSA) is 136 Å². The molecule has 0 rings (SSSR count). The molecule has 0 saturated heterocycles. The number of hydrogen-bond donors (Lipinski definition) is 2. The van der Waals surface area contributed by atoms with E-state index in [1.54, 1.807) is 12.2 Å². The Balaban J connectivity index is 4.25. The van der Waals surface area contributed by atoms with Crippen LogP contribution in [0.5, 0.6) is 0 Å². The summed E-state index contributed by atoms with van der Waals surface area (Å²) < 4.78 is 26.2. The fraction of sp³-hybridized carbons (Fsp3) is 0.489. The Hall–Kier alpha value is -3.88. The molecule has 0 aliphatic rings. The molecule has 2 N–H and O–H groups in total. The van der Waals surface area contributed by atoms with E-state index in [1.807, 2.05) is 48.6 Å². The molecule has 0 aliphatic heterocycles. The van der Waals surface area contributed by atoms with Gasteiger partial charge in [-0.3, -0.25) is 18.9 Å². The standard InChI is InChI=1S/C45H67O9P/c1-3-5-7-8-9-10-11-12-13-14-15-16-17-18-21-24-27-30-34-38-44(47)52-40-43(41-53-55(49,50)51)54-45(48)39-35-31-28-25-22-19-20-23-26-29-33-37-42(46)36-32-6-4-2/h5,7,9-10,12-13,15-16,18-21,25-30,33,37,43H,3-4,6,8,11,14,17,22-24,31-32,34-36,38-41H2,1-2H3,(H2,49,50,51)/b7-5-,10-9-,13-12-,16-15-,20-19-,21-18-,28-25-,29-26-,30-27-,37-33+/t43-/m1/s1. The summed E-state index contributed by atoms with van der Waals surface area (Å²) in [6, 6.07) is 0. The van der Waals surface area contributed by atoms with Crippen LogP contribution in [0.25, 0.3) is 0 Å². The zero-order valence-electron chi connectivity index (χ0n) is 33.3. The third-order valence-corrected chi connectivity index (χ3v) is 7.94. The molecule has 0 fully saturated rings. The van der Waals surface area contributed by atoms with Gasteiger partial charge in [-0.25, -0.2) is 4.57 Å². The van der Waals surface area contributed by atoms with Crippen LogP contribution in [0.1, 0.15) is 123 Å². The van der Waals surface area contributed by atoms with Gasteiger partial charge in [0.05, 0.1) is 6.61 Å². The summed E-state index contributed by atoms with van der Waals surface area (Å²) in [4.78, 5) is 54.4. The minimum Gasteiger partial charge on any atom is -0.462 e. The number of esters is 2. The van der Waals surface area contributed by atoms with Crippen LogP contribution in [0.4, 0.5) is 0 Å². The Morgan fingerprint density at radius 3 is 1.58 bits per heavy atom. The second kappa shape index (κ2) is 38.4. The number of ether oxygens (including phenoxy) is 2. The van der Waals surface area contributed by atoms with E-state index in [0.717, 1.165) is 70.6 Å². The van der Waals surface area contributed by atoms with Crippen molar-refractivity contribution in [2.75, 3.05) is 13.2 Å². The van der Waals surface area contributed by atoms with Crippen LogP contribution in [0.3, 0.4) is 0 Å². The second-order valence-electron chi connectivity index (χ2n) is 12.6. The lowest BCUT2D eigenvalue weighted by Crippen LogP contribution is -2.29. The average molecular weight is 783 g/mol. The van der Waals surface area contributed by atoms with E-state index in [-0.39, 0.29) is 25.2 Å². The van der Waals surface area contributed by atoms with Crippen LogP contribution in [-0.4, -0.2) is 46.8 Å². The first-order valence-corrected chi connectivity index (χ1v) is 21.3. The Labute approximate surface area is 331 Å². The quantitative estimate of drug-likeness (QED) is 0.0163. The second-order valence-corrected chi connectivity index (χ2v) is 13.8. The first-order chi connectivity index (χ1) is 26.7. The predicted molar refractivity (Wildman–Crippen MR) is 225 cm³/mol. The van der Waals surface area contributed by atoms with Crippen molar-refractivity contribution in [2.45, 2.75) is 129 Å². The zero-order valence-corrected chi connectivity index (χ0v) is 34.2. The number of hydrogen-bond acceptors (Lipinski definition) is 7. The highest BCUT2D eigenvalue weighted by Gasteiger charge is 2.22. The van der Waals surface area contributed by atoms with Crippen LogP contribution >= 0.6 is 7.82 Å². The van der Waals surface area contributed by atoms with Crippen molar-refractivity contribution in [1.29, 1.82) is 0 Å². The van der Waals surface area contributed by atoms with Crippen LogP contribution < -0.4 is 0 Å². The monoisotopic (exact) mass is 782 g/mol. The molecular weight excluding hydrogens is 715 g/mol. The number of phosphoric acid groups is 1. The maximum Gasteiger partial charge on any atom is 0.469 e. The maximum absolute atomic E-state index is 12.4. The molecule has 55 heavy (non-hydrogen) atoms. The van der Waals surface area contributed by atoms with Crippen LogP contribution in [0.2, 0.25) is 0 Å². The van der Waals surface area contributed by atoms with E-state index in [0.29, 0.717) is 25.7 Å². The SMILES string of the molecule is CC/C=C\C/C=C\C/C=C\C/C=C\C/C=C\C/C=C\CCC(=O)OC[C@H](COP(=O)(O)O)OC(=O)CCC/C=C\C/C=C\C/C=C\C=C\C(=O)CCCCC. The van der Waals surface area contributed by atoms with Gasteiger partial charge in [-0.05, 0) is 83.1 Å². The minimum atomic E-state index is -4.81. The zero-order chi connectivity index (χ0) is 40.5. The number of carbonyl (C=O) groups is 3. The van der Waals surface area contributed by atoms with E-state index in [4.69, 9.17) is 19.3 Å². The Morgan fingerprint density at radius 2 is 1.05 bits per heavy atom. The largest absolute Gasteiger partial charge is 0.469 e. The fourth-order valence-electron chi connectivity index (χ4n) is 4.52. The number of ketones is 1. The summed E-state index contributed by atoms with van der Waals surface area (Å²) in [5.74, 6) is -0.941. The van der Waals surface area contributed by atoms with Crippen molar-refractivity contribution in [2.24, 2.45) is 0 Å². The van der Waals surface area contributed by atoms with Gasteiger partial charge in [-0.2, -0.15) is 0 Å². The molecule has 0 radical (unpaired) electrons. The van der Waals surface area contributed by atoms with E-state index in [2.05, 4.69) is 79.1 Å². The van der Waals surface area contributed by atoms with Crippen molar-refractivity contribution in [3.8, 4) is 0 Å². The molecule has 0 saturated carbocycles. The lowest BCUT2D eigenvalue weighted by Gasteiger charge is -2.18. The van der Waals surface area contributed by atoms with Crippen LogP contribution in [-0.2, 0) is 32.9 Å². The third kappa shape index (κ3) is 41.1. The Morgan fingerprint density at radius 1 is 0.545 bits per heavy atom. The molecule has 0 unspecified atom stereocenters. The summed E-state index contributed by atoms with van der Waals surface area (Å²) >= 11 is 0. The molecule has 0 bridgehead atoms. The van der Waals surface area contributed by atoms with Crippen molar-refractivity contribution in [3.05, 3.63) is 122 Å². The summed E-state index contributed by atoms with van der Waals surface area (Å²) in [6.45, 7) is 3.27. The lowest BCUT2D eigenvalue weighted by atomic mass is 10.1. The lowest BCUT2D eigenvalue weighted by molar-refractivity contribution is -0.161. The van der Waals surface area contributed by atoms with Gasteiger partial charge in [-0.1, -0.05) is 142 Å². The summed E-state index contributed by atoms with van der Waals surface area (Å²) in [5, 5.41) is 0. The number of carbonyl (C=O) groups excluding carboxylic acids is 3. The predicted octanol–water partition coefficient (Wildman–Crippen LogP) is 11.4. The number of unbranched alkanes of at least 4 members (excludes halogenated alkanes) is 3. The highest BCUT2D eigenvalue weighted by molar-refractivity contribution is 7.46. The maximum atomic E-state index is 12.4. The van der Waals surface area contributed by atoms with Crippen molar-refractivity contribution in [3.63, 3.8) is 0 Å². The van der Waals surface area contributed by atoms with Gasteiger partial charge in [0.1, 0.15) is 6.61 Å². The number of allylic oxidation sites excluding steroid dienone is 20. The normalized spacial score (nSPS) is 13.7. The molecule has 9 nitrogen and oxygen atoms in total. The average Bonchev–Trinajstić information content (AvgIpc) is 3.15. The van der Waals surface area contributed by atoms with Gasteiger partial charge >= 0.3 is 19.8 Å². The Kier molecular flexibility index (Phi) is 35.7. The summed E-state index contributed by atoms with van der Waals surface area (Å²) in [7, 11) is -4.81. The first-order valence-electron chi connectivity index (χ1n) is 19.8. The highest BCUT2D eigenvalue weighted by Crippen LogP contribution is 2.35. The fourth-order valence-corrected chi connectivity index (χ4v) is 4.88. The van der Waals surface area contributed by atoms with Gasteiger partial charge < -0.3 is 19.3 Å². The van der Waals surface area contributed by atoms with E-state index >= 15 is 0 Å². The van der Waals surface area contributed by atoms with Gasteiger partial charge in [-0.15, -0.1) is 0 Å². The molecule has 1 atom stereocenters. The highest BCUT2D eigenvalue weighted by atomic mass is 31.2. The molecule has 0 amide bonds. The molecule has 0 spiro atoms. The van der Waals surface area contributed by atoms with Crippen molar-refractivity contribution >= 4 is 25.5 Å². The van der Waals surface area contributed by atoms with Crippen molar-refractivity contribution in [1.82, 2.24) is 0 Å². The summed E-state index contributed by atoms with van der Waals surface area (Å²) in [6.07, 6.45) is 52.0. The minimum absolute atomic E-state index is 0.0860.